The van der Waals surface area contributed by atoms with Crippen molar-refractivity contribution in [3.8, 4) is 17.2 Å². The van der Waals surface area contributed by atoms with E-state index in [9.17, 15) is 9.59 Å². The molecule has 3 rings (SSSR count). The van der Waals surface area contributed by atoms with Crippen molar-refractivity contribution in [2.24, 2.45) is 5.92 Å². The largest absolute Gasteiger partial charge is 0.497 e. The van der Waals surface area contributed by atoms with Gasteiger partial charge in [-0.05, 0) is 50.1 Å². The number of hydrogen-bond acceptors (Lipinski definition) is 7. The summed E-state index contributed by atoms with van der Waals surface area (Å²) in [5, 5.41) is 0.835. The van der Waals surface area contributed by atoms with Crippen LogP contribution < -0.4 is 14.2 Å². The first-order valence-electron chi connectivity index (χ1n) is 11.3. The van der Waals surface area contributed by atoms with Crippen LogP contribution in [-0.4, -0.2) is 37.1 Å². The van der Waals surface area contributed by atoms with E-state index in [1.54, 1.807) is 20.2 Å². The minimum Gasteiger partial charge on any atom is -0.497 e. The Hall–Kier alpha value is -3.61. The van der Waals surface area contributed by atoms with Crippen molar-refractivity contribution in [3.05, 3.63) is 59.8 Å². The molecule has 180 valence electrons. The average molecular weight is 466 g/mol. The van der Waals surface area contributed by atoms with E-state index in [-0.39, 0.29) is 31.3 Å². The van der Waals surface area contributed by atoms with Gasteiger partial charge >= 0.3 is 5.97 Å². The zero-order chi connectivity index (χ0) is 24.7. The quantitative estimate of drug-likeness (QED) is 0.294. The Morgan fingerprint density at radius 1 is 1.03 bits per heavy atom. The first-order chi connectivity index (χ1) is 16.4. The number of para-hydroxylation sites is 1. The first kappa shape index (κ1) is 25.0. The van der Waals surface area contributed by atoms with Gasteiger partial charge in [-0.25, -0.2) is 0 Å². The molecule has 7 nitrogen and oxygen atoms in total. The van der Waals surface area contributed by atoms with E-state index in [2.05, 4.69) is 4.98 Å². The molecule has 0 spiro atoms. The smallest absolute Gasteiger partial charge is 0.316 e. The van der Waals surface area contributed by atoms with Gasteiger partial charge in [0.15, 0.2) is 0 Å². The van der Waals surface area contributed by atoms with Crippen molar-refractivity contribution in [2.45, 2.75) is 46.3 Å². The molecule has 0 saturated heterocycles. The molecule has 3 aromatic rings. The molecule has 0 bridgehead atoms. The van der Waals surface area contributed by atoms with Crippen molar-refractivity contribution in [3.63, 3.8) is 0 Å². The lowest BCUT2D eigenvalue weighted by Gasteiger charge is -2.19. The Balaban J connectivity index is 1.91. The number of nitrogens with zero attached hydrogens (tertiary/aromatic N) is 1. The molecule has 0 saturated carbocycles. The Bertz CT molecular complexity index is 1140. The number of carbonyl (C=O) groups is 2. The lowest BCUT2D eigenvalue weighted by Crippen LogP contribution is -2.27. The maximum atomic E-state index is 12.4. The topological polar surface area (TPSA) is 84.0 Å². The van der Waals surface area contributed by atoms with Crippen LogP contribution in [0.25, 0.3) is 10.9 Å². The number of methoxy groups -OCH3 is 2. The highest BCUT2D eigenvalue weighted by molar-refractivity contribution is 5.99. The second-order valence-electron chi connectivity index (χ2n) is 8.16. The van der Waals surface area contributed by atoms with Gasteiger partial charge in [-0.3, -0.25) is 14.6 Å². The van der Waals surface area contributed by atoms with Gasteiger partial charge in [0.1, 0.15) is 35.6 Å². The van der Waals surface area contributed by atoms with E-state index in [0.717, 1.165) is 22.0 Å². The Morgan fingerprint density at radius 2 is 1.79 bits per heavy atom. The number of Topliss-reactive ketones (excluding diaryl/α,β-unsaturated/α-hetero) is 1. The van der Waals surface area contributed by atoms with E-state index in [1.807, 2.05) is 56.3 Å². The Morgan fingerprint density at radius 3 is 2.47 bits per heavy atom. The van der Waals surface area contributed by atoms with Gasteiger partial charge in [0.2, 0.25) is 0 Å². The highest BCUT2D eigenvalue weighted by Gasteiger charge is 2.27. The zero-order valence-electron chi connectivity index (χ0n) is 20.3. The third kappa shape index (κ3) is 5.84. The van der Waals surface area contributed by atoms with E-state index < -0.39 is 11.9 Å². The maximum Gasteiger partial charge on any atom is 0.316 e. The molecule has 0 N–H and O–H groups in total. The predicted octanol–water partition coefficient (Wildman–Crippen LogP) is 4.92. The van der Waals surface area contributed by atoms with Crippen LogP contribution in [0.15, 0.2) is 48.7 Å². The van der Waals surface area contributed by atoms with Crippen LogP contribution in [0.4, 0.5) is 0 Å². The summed E-state index contributed by atoms with van der Waals surface area (Å²) in [6, 6.07) is 13.0. The molecule has 0 amide bonds. The fourth-order valence-electron chi connectivity index (χ4n) is 3.70. The molecule has 0 fully saturated rings. The number of benzene rings is 2. The number of aromatic nitrogens is 1. The van der Waals surface area contributed by atoms with Gasteiger partial charge < -0.3 is 18.9 Å². The third-order valence-corrected chi connectivity index (χ3v) is 5.46. The number of ether oxygens (including phenoxy) is 4. The van der Waals surface area contributed by atoms with Crippen molar-refractivity contribution in [2.75, 3.05) is 14.2 Å². The Labute approximate surface area is 200 Å². The molecule has 2 aromatic carbocycles. The van der Waals surface area contributed by atoms with E-state index in [1.165, 1.54) is 7.11 Å². The SMILES string of the molecule is CCC(=O)C(Cc1ccccc1OCc1cnc2ccc(OC)cc2c1OC(C)C)C(=O)OC. The molecule has 1 atom stereocenters. The fraction of sp³-hybridized carbons (Fsp3) is 0.370. The van der Waals surface area contributed by atoms with Crippen LogP contribution in [0, 0.1) is 5.92 Å². The molecule has 1 heterocycles. The molecular weight excluding hydrogens is 434 g/mol. The lowest BCUT2D eigenvalue weighted by atomic mass is 9.93. The molecule has 1 unspecified atom stereocenters. The van der Waals surface area contributed by atoms with Crippen molar-refractivity contribution in [1.82, 2.24) is 4.98 Å². The van der Waals surface area contributed by atoms with Crippen LogP contribution in [0.3, 0.4) is 0 Å². The molecule has 0 aliphatic rings. The number of ketones is 1. The number of rotatable bonds is 11. The fourth-order valence-corrected chi connectivity index (χ4v) is 3.70. The van der Waals surface area contributed by atoms with Crippen molar-refractivity contribution < 1.29 is 28.5 Å². The number of esters is 1. The Kier molecular flexibility index (Phi) is 8.46. The minimum absolute atomic E-state index is 0.0521. The van der Waals surface area contributed by atoms with Gasteiger partial charge in [0.05, 0.1) is 31.4 Å². The van der Waals surface area contributed by atoms with Crippen LogP contribution in [0.1, 0.15) is 38.3 Å². The number of carbonyl (C=O) groups excluding carboxylic acids is 2. The summed E-state index contributed by atoms with van der Waals surface area (Å²) in [5.41, 5.74) is 2.32. The standard InChI is InChI=1S/C27H31NO6/c1-6-24(29)22(27(30)32-5)13-18-9-7-8-10-25(18)33-16-19-15-28-23-12-11-20(31-4)14-21(23)26(19)34-17(2)3/h7-12,14-15,17,22H,6,13,16H2,1-5H3. The summed E-state index contributed by atoms with van der Waals surface area (Å²) in [7, 11) is 2.91. The molecule has 7 heteroatoms. The number of pyridine rings is 1. The van der Waals surface area contributed by atoms with Gasteiger partial charge in [-0.2, -0.15) is 0 Å². The van der Waals surface area contributed by atoms with E-state index in [0.29, 0.717) is 17.2 Å². The minimum atomic E-state index is -0.866. The van der Waals surface area contributed by atoms with Crippen molar-refractivity contribution >= 4 is 22.7 Å². The summed E-state index contributed by atoms with van der Waals surface area (Å²) < 4.78 is 22.6. The number of fused-ring (bicyclic) bond motifs is 1. The van der Waals surface area contributed by atoms with E-state index >= 15 is 0 Å². The second kappa shape index (κ2) is 11.5. The van der Waals surface area contributed by atoms with Gasteiger partial charge in [-0.1, -0.05) is 25.1 Å². The second-order valence-corrected chi connectivity index (χ2v) is 8.16. The monoisotopic (exact) mass is 465 g/mol. The maximum absolute atomic E-state index is 12.4. The van der Waals surface area contributed by atoms with Crippen LogP contribution >= 0.6 is 0 Å². The van der Waals surface area contributed by atoms with E-state index in [4.69, 9.17) is 18.9 Å². The molecule has 1 aromatic heterocycles. The first-order valence-corrected chi connectivity index (χ1v) is 11.3. The third-order valence-electron chi connectivity index (χ3n) is 5.46. The van der Waals surface area contributed by atoms with Crippen LogP contribution in [0.2, 0.25) is 0 Å². The molecule has 0 aliphatic carbocycles. The highest BCUT2D eigenvalue weighted by Crippen LogP contribution is 2.33. The highest BCUT2D eigenvalue weighted by atomic mass is 16.5. The predicted molar refractivity (Wildman–Crippen MR) is 129 cm³/mol. The normalized spacial score (nSPS) is 11.8. The summed E-state index contributed by atoms with van der Waals surface area (Å²) in [6.45, 7) is 5.86. The summed E-state index contributed by atoms with van der Waals surface area (Å²) in [4.78, 5) is 29.1. The number of hydrogen-bond donors (Lipinski definition) is 0. The van der Waals surface area contributed by atoms with Gasteiger partial charge in [0, 0.05) is 18.0 Å². The summed E-state index contributed by atoms with van der Waals surface area (Å²) >= 11 is 0. The summed E-state index contributed by atoms with van der Waals surface area (Å²) in [5.74, 6) is 0.408. The molecule has 0 radical (unpaired) electrons. The zero-order valence-corrected chi connectivity index (χ0v) is 20.3. The van der Waals surface area contributed by atoms with Gasteiger partial charge in [-0.15, -0.1) is 0 Å². The lowest BCUT2D eigenvalue weighted by molar-refractivity contribution is -0.149. The van der Waals surface area contributed by atoms with Crippen LogP contribution in [-0.2, 0) is 27.4 Å². The molecule has 0 aliphatic heterocycles. The van der Waals surface area contributed by atoms with Crippen molar-refractivity contribution in [1.29, 1.82) is 0 Å². The average Bonchev–Trinajstić information content (AvgIpc) is 2.85. The molecule has 34 heavy (non-hydrogen) atoms. The van der Waals surface area contributed by atoms with Crippen LogP contribution in [0.5, 0.6) is 17.2 Å². The molecular formula is C27H31NO6. The van der Waals surface area contributed by atoms with Gasteiger partial charge in [0.25, 0.3) is 0 Å². The summed E-state index contributed by atoms with van der Waals surface area (Å²) in [6.07, 6.45) is 2.15.